The Morgan fingerprint density at radius 2 is 1.89 bits per heavy atom. The third-order valence-electron chi connectivity index (χ3n) is 7.31. The van der Waals surface area contributed by atoms with Gasteiger partial charge in [-0.25, -0.2) is 0 Å². The number of hydrogen-bond donors (Lipinski definition) is 0. The molecule has 3 nitrogen and oxygen atoms in total. The van der Waals surface area contributed by atoms with Crippen LogP contribution in [0.5, 0.6) is 0 Å². The van der Waals surface area contributed by atoms with Gasteiger partial charge < -0.3 is 4.74 Å². The first-order valence-electron chi connectivity index (χ1n) is 10.5. The molecule has 3 aliphatic rings. The lowest BCUT2D eigenvalue weighted by molar-refractivity contribution is -0.846. The van der Waals surface area contributed by atoms with Crippen LogP contribution in [0.2, 0.25) is 0 Å². The van der Waals surface area contributed by atoms with Crippen molar-refractivity contribution in [1.29, 1.82) is 0 Å². The normalized spacial score (nSPS) is 32.6. The van der Waals surface area contributed by atoms with Gasteiger partial charge in [-0.2, -0.15) is 0 Å². The summed E-state index contributed by atoms with van der Waals surface area (Å²) in [4.78, 5) is 14.4. The Morgan fingerprint density at radius 3 is 2.68 bits per heavy atom. The van der Waals surface area contributed by atoms with Gasteiger partial charge in [0.1, 0.15) is 5.92 Å². The van der Waals surface area contributed by atoms with Crippen molar-refractivity contribution < 1.29 is 14.0 Å². The van der Waals surface area contributed by atoms with Gasteiger partial charge in [-0.15, -0.1) is 11.8 Å². The van der Waals surface area contributed by atoms with Crippen LogP contribution in [0.15, 0.2) is 53.4 Å². The van der Waals surface area contributed by atoms with E-state index in [0.717, 1.165) is 36.2 Å². The molecule has 0 aromatic heterocycles. The summed E-state index contributed by atoms with van der Waals surface area (Å²) in [6.07, 6.45) is 2.04. The summed E-state index contributed by atoms with van der Waals surface area (Å²) in [6.45, 7) is 6.87. The highest BCUT2D eigenvalue weighted by Gasteiger charge is 2.84. The Labute approximate surface area is 171 Å². The minimum absolute atomic E-state index is 0.00638. The zero-order valence-corrected chi connectivity index (χ0v) is 17.5. The van der Waals surface area contributed by atoms with Crippen LogP contribution in [0.25, 0.3) is 0 Å². The van der Waals surface area contributed by atoms with Crippen LogP contribution in [-0.4, -0.2) is 36.2 Å². The summed E-state index contributed by atoms with van der Waals surface area (Å²) < 4.78 is 6.56. The molecule has 0 bridgehead atoms. The highest BCUT2D eigenvalue weighted by Crippen LogP contribution is 2.69. The molecule has 2 aromatic carbocycles. The molecule has 28 heavy (non-hydrogen) atoms. The number of fused-ring (bicyclic) bond motifs is 7. The molecule has 146 valence electrons. The van der Waals surface area contributed by atoms with Gasteiger partial charge in [-0.3, -0.25) is 9.28 Å². The number of thioether (sulfide) groups is 1. The first-order chi connectivity index (χ1) is 13.7. The lowest BCUT2D eigenvalue weighted by Gasteiger charge is -2.30. The lowest BCUT2D eigenvalue weighted by Crippen LogP contribution is -2.41. The summed E-state index contributed by atoms with van der Waals surface area (Å²) >= 11 is 1.94. The monoisotopic (exact) mass is 394 g/mol. The van der Waals surface area contributed by atoms with E-state index in [1.807, 2.05) is 18.7 Å². The maximum atomic E-state index is 13.0. The van der Waals surface area contributed by atoms with Gasteiger partial charge >= 0.3 is 5.97 Å². The van der Waals surface area contributed by atoms with Crippen molar-refractivity contribution in [2.45, 2.75) is 48.9 Å². The number of carbonyl (C=O) groups excluding carboxylic acids is 1. The van der Waals surface area contributed by atoms with Crippen LogP contribution in [0.3, 0.4) is 0 Å². The number of esters is 1. The van der Waals surface area contributed by atoms with Gasteiger partial charge in [0.15, 0.2) is 6.04 Å². The van der Waals surface area contributed by atoms with E-state index in [1.54, 1.807) is 0 Å². The van der Waals surface area contributed by atoms with Crippen molar-refractivity contribution in [1.82, 2.24) is 0 Å². The van der Waals surface area contributed by atoms with Crippen molar-refractivity contribution in [3.05, 3.63) is 65.2 Å². The molecule has 2 unspecified atom stereocenters. The molecule has 4 heteroatoms. The molecule has 5 rings (SSSR count). The van der Waals surface area contributed by atoms with Crippen LogP contribution in [0.1, 0.15) is 43.4 Å². The van der Waals surface area contributed by atoms with Gasteiger partial charge in [0.05, 0.1) is 19.7 Å². The van der Waals surface area contributed by atoms with Gasteiger partial charge in [-0.05, 0) is 38.3 Å². The number of ether oxygens (including phenoxy) is 1. The number of likely N-dealkylation sites (N-methyl/N-ethyl adjacent to an activating group) is 1. The minimum Gasteiger partial charge on any atom is -0.466 e. The fourth-order valence-electron chi connectivity index (χ4n) is 6.38. The highest BCUT2D eigenvalue weighted by molar-refractivity contribution is 7.98. The quantitative estimate of drug-likeness (QED) is 0.428. The first-order valence-corrected chi connectivity index (χ1v) is 11.5. The number of piperidine rings is 1. The number of hydrogen-bond acceptors (Lipinski definition) is 3. The molecule has 1 spiro atoms. The number of carbonyl (C=O) groups is 1. The van der Waals surface area contributed by atoms with Crippen molar-refractivity contribution in [3.8, 4) is 0 Å². The van der Waals surface area contributed by atoms with E-state index in [2.05, 4.69) is 55.5 Å². The van der Waals surface area contributed by atoms with Gasteiger partial charge in [-0.1, -0.05) is 42.5 Å². The summed E-state index contributed by atoms with van der Waals surface area (Å²) in [5, 5.41) is 0. The number of benzene rings is 2. The van der Waals surface area contributed by atoms with E-state index in [-0.39, 0.29) is 23.5 Å². The molecule has 0 saturated carbocycles. The second kappa shape index (κ2) is 6.64. The Bertz CT molecular complexity index is 879. The van der Waals surface area contributed by atoms with Gasteiger partial charge in [0.25, 0.3) is 0 Å². The molecular weight excluding hydrogens is 366 g/mol. The van der Waals surface area contributed by atoms with Crippen molar-refractivity contribution in [2.75, 3.05) is 19.7 Å². The standard InChI is InChI=1S/C24H28NO2S/c1-3-25-15-9-11-18(23(26)27-4-2)22(25)24(25)19-12-6-5-10-17(19)16-28-21-14-8-7-13-20(21)24/h5-8,10,12-14,18,22H,3-4,9,11,15-16H2,1-2H3/q+1/t18?,22?,24-,25-/m1/s1. The zero-order valence-electron chi connectivity index (χ0n) is 16.7. The zero-order chi connectivity index (χ0) is 19.4. The average Bonchev–Trinajstić information content (AvgIpc) is 3.40. The number of quaternary nitrogens is 1. The van der Waals surface area contributed by atoms with Crippen molar-refractivity contribution in [3.63, 3.8) is 0 Å². The first kappa shape index (κ1) is 18.3. The van der Waals surface area contributed by atoms with Gasteiger partial charge in [0.2, 0.25) is 5.54 Å². The van der Waals surface area contributed by atoms with E-state index in [9.17, 15) is 4.79 Å². The molecule has 3 heterocycles. The molecule has 0 aliphatic carbocycles. The Hall–Kier alpha value is -1.78. The lowest BCUT2D eigenvalue weighted by atomic mass is 9.80. The van der Waals surface area contributed by atoms with Crippen molar-refractivity contribution in [2.24, 2.45) is 5.92 Å². The van der Waals surface area contributed by atoms with E-state index in [1.165, 1.54) is 21.6 Å². The third-order valence-corrected chi connectivity index (χ3v) is 8.43. The minimum atomic E-state index is -0.112. The number of nitrogens with zero attached hydrogens (tertiary/aromatic N) is 1. The molecule has 0 N–H and O–H groups in total. The second-order valence-electron chi connectivity index (χ2n) is 8.23. The van der Waals surface area contributed by atoms with E-state index >= 15 is 0 Å². The SMILES string of the molecule is CCOC(=O)C1CCC[N@+]2(CC)C1[C@]21c2ccccc2CSc2ccccc21. The third kappa shape index (κ3) is 2.19. The molecule has 2 fully saturated rings. The van der Waals surface area contributed by atoms with E-state index in [4.69, 9.17) is 4.74 Å². The topological polar surface area (TPSA) is 26.3 Å². The fourth-order valence-corrected chi connectivity index (χ4v) is 7.50. The predicted molar refractivity (Wildman–Crippen MR) is 112 cm³/mol. The van der Waals surface area contributed by atoms with Crippen LogP contribution in [-0.2, 0) is 20.8 Å². The summed E-state index contributed by atoms with van der Waals surface area (Å²) in [7, 11) is 0. The summed E-state index contributed by atoms with van der Waals surface area (Å²) in [5.41, 5.74) is 4.18. The maximum absolute atomic E-state index is 13.0. The average molecular weight is 395 g/mol. The van der Waals surface area contributed by atoms with Crippen LogP contribution in [0.4, 0.5) is 0 Å². The van der Waals surface area contributed by atoms with Gasteiger partial charge in [0, 0.05) is 21.8 Å². The van der Waals surface area contributed by atoms with Crippen LogP contribution in [0, 0.1) is 5.92 Å². The predicted octanol–water partition coefficient (Wildman–Crippen LogP) is 4.73. The molecule has 2 aromatic rings. The Morgan fingerprint density at radius 1 is 1.14 bits per heavy atom. The van der Waals surface area contributed by atoms with E-state index < -0.39 is 0 Å². The van der Waals surface area contributed by atoms with E-state index in [0.29, 0.717) is 6.61 Å². The van der Waals surface area contributed by atoms with Crippen LogP contribution >= 0.6 is 11.8 Å². The largest absolute Gasteiger partial charge is 0.466 e. The number of rotatable bonds is 3. The molecule has 0 radical (unpaired) electrons. The smallest absolute Gasteiger partial charge is 0.315 e. The molecule has 2 saturated heterocycles. The molecule has 4 atom stereocenters. The van der Waals surface area contributed by atoms with Crippen molar-refractivity contribution >= 4 is 17.7 Å². The fraction of sp³-hybridized carbons (Fsp3) is 0.458. The molecule has 0 amide bonds. The molecule has 3 aliphatic heterocycles. The summed E-state index contributed by atoms with van der Waals surface area (Å²) in [6, 6.07) is 18.1. The maximum Gasteiger partial charge on any atom is 0.315 e. The second-order valence-corrected chi connectivity index (χ2v) is 9.25. The van der Waals surface area contributed by atoms with Crippen LogP contribution < -0.4 is 0 Å². The highest BCUT2D eigenvalue weighted by atomic mass is 32.2. The Kier molecular flexibility index (Phi) is 4.33. The molecular formula is C24H28NO2S+. The Balaban J connectivity index is 1.77. The summed E-state index contributed by atoms with van der Waals surface area (Å²) in [5.74, 6) is 0.986.